The normalized spacial score (nSPS) is 25.6. The Bertz CT molecular complexity index is 982. The maximum absolute atomic E-state index is 8.43. The van der Waals surface area contributed by atoms with Crippen molar-refractivity contribution in [2.24, 2.45) is 16.3 Å². The van der Waals surface area contributed by atoms with Gasteiger partial charge in [0.2, 0.25) is 0 Å². The van der Waals surface area contributed by atoms with Crippen molar-refractivity contribution in [2.75, 3.05) is 0 Å². The van der Waals surface area contributed by atoms with Crippen LogP contribution in [0.2, 0.25) is 0 Å². The molecule has 2 nitrogen and oxygen atoms in total. The lowest BCUT2D eigenvalue weighted by Gasteiger charge is -2.15. The van der Waals surface area contributed by atoms with Crippen LogP contribution in [0.15, 0.2) is 84.5 Å². The van der Waals surface area contributed by atoms with E-state index in [1.165, 1.54) is 12.0 Å². The van der Waals surface area contributed by atoms with Crippen molar-refractivity contribution in [3.05, 3.63) is 96.2 Å². The highest BCUT2D eigenvalue weighted by atomic mass is 14.7. The first kappa shape index (κ1) is 17.4. The predicted molar refractivity (Wildman–Crippen MR) is 116 cm³/mol. The van der Waals surface area contributed by atoms with Gasteiger partial charge in [0, 0.05) is 23.8 Å². The Hall–Kier alpha value is -3.00. The molecule has 1 heterocycles. The minimum Gasteiger partial charge on any atom is -0.300 e. The second-order valence-electron chi connectivity index (χ2n) is 7.61. The lowest BCUT2D eigenvalue weighted by Crippen LogP contribution is -2.01. The van der Waals surface area contributed by atoms with Crippen LogP contribution in [0.1, 0.15) is 36.5 Å². The Morgan fingerprint density at radius 1 is 1.30 bits per heavy atom. The van der Waals surface area contributed by atoms with Crippen LogP contribution in [0.5, 0.6) is 0 Å². The smallest absolute Gasteiger partial charge is 0.0698 e. The van der Waals surface area contributed by atoms with Gasteiger partial charge >= 0.3 is 0 Å². The van der Waals surface area contributed by atoms with Crippen LogP contribution in [-0.2, 0) is 0 Å². The number of aliphatic imine (C=N–C) groups is 1. The number of fused-ring (bicyclic) bond motifs is 1. The van der Waals surface area contributed by atoms with E-state index in [0.29, 0.717) is 17.0 Å². The second-order valence-corrected chi connectivity index (χ2v) is 7.61. The van der Waals surface area contributed by atoms with E-state index in [0.717, 1.165) is 28.8 Å². The molecule has 2 aliphatic carbocycles. The second kappa shape index (κ2) is 6.96. The van der Waals surface area contributed by atoms with Gasteiger partial charge in [-0.25, -0.2) is 0 Å². The van der Waals surface area contributed by atoms with Crippen molar-refractivity contribution in [3.8, 4) is 0 Å². The molecule has 1 aromatic rings. The zero-order chi connectivity index (χ0) is 18.9. The van der Waals surface area contributed by atoms with Crippen LogP contribution < -0.4 is 0 Å². The fourth-order valence-corrected chi connectivity index (χ4v) is 3.62. The quantitative estimate of drug-likeness (QED) is 0.487. The molecule has 4 rings (SSSR count). The first-order chi connectivity index (χ1) is 13.1. The SMILES string of the molecule is C=C/C=C\C(=N)c1cc(C2=CC3CC3(C)C=C2)cc(C2=CC=CCC=N2)c1. The average molecular weight is 352 g/mol. The van der Waals surface area contributed by atoms with Crippen molar-refractivity contribution in [1.29, 1.82) is 5.41 Å². The Labute approximate surface area is 161 Å². The van der Waals surface area contributed by atoms with E-state index in [9.17, 15) is 0 Å². The fraction of sp³-hybridized carbons (Fsp3) is 0.200. The molecular weight excluding hydrogens is 328 g/mol. The minimum atomic E-state index is 0.363. The summed E-state index contributed by atoms with van der Waals surface area (Å²) in [7, 11) is 0. The van der Waals surface area contributed by atoms with Gasteiger partial charge < -0.3 is 5.41 Å². The molecule has 0 aromatic heterocycles. The molecule has 1 aliphatic heterocycles. The molecule has 0 saturated heterocycles. The summed E-state index contributed by atoms with van der Waals surface area (Å²) in [5.74, 6) is 0.641. The molecule has 2 heteroatoms. The van der Waals surface area contributed by atoms with E-state index in [-0.39, 0.29) is 0 Å². The van der Waals surface area contributed by atoms with Crippen molar-refractivity contribution in [1.82, 2.24) is 0 Å². The van der Waals surface area contributed by atoms with Crippen LogP contribution in [-0.4, -0.2) is 11.9 Å². The number of nitrogens with zero attached hydrogens (tertiary/aromatic N) is 1. The van der Waals surface area contributed by atoms with Gasteiger partial charge in [0.1, 0.15) is 0 Å². The minimum absolute atomic E-state index is 0.363. The molecule has 0 bridgehead atoms. The molecule has 1 N–H and O–H groups in total. The van der Waals surface area contributed by atoms with Crippen molar-refractivity contribution >= 4 is 23.2 Å². The number of benzene rings is 1. The third-order valence-corrected chi connectivity index (χ3v) is 5.51. The monoisotopic (exact) mass is 352 g/mol. The highest BCUT2D eigenvalue weighted by Gasteiger charge is 2.47. The van der Waals surface area contributed by atoms with Gasteiger partial charge in [-0.1, -0.05) is 56.0 Å². The Kier molecular flexibility index (Phi) is 4.49. The Balaban J connectivity index is 1.78. The maximum Gasteiger partial charge on any atom is 0.0698 e. The van der Waals surface area contributed by atoms with Gasteiger partial charge in [-0.2, -0.15) is 0 Å². The highest BCUT2D eigenvalue weighted by molar-refractivity contribution is 6.07. The van der Waals surface area contributed by atoms with Gasteiger partial charge in [0.25, 0.3) is 0 Å². The number of nitrogens with one attached hydrogen (secondary N) is 1. The first-order valence-electron chi connectivity index (χ1n) is 9.43. The topological polar surface area (TPSA) is 36.2 Å². The highest BCUT2D eigenvalue weighted by Crippen LogP contribution is 2.57. The van der Waals surface area contributed by atoms with E-state index < -0.39 is 0 Å². The lowest BCUT2D eigenvalue weighted by atomic mass is 9.91. The largest absolute Gasteiger partial charge is 0.300 e. The molecule has 2 unspecified atom stereocenters. The summed E-state index contributed by atoms with van der Waals surface area (Å²) in [6, 6.07) is 6.35. The average Bonchev–Trinajstić information content (AvgIpc) is 3.42. The third kappa shape index (κ3) is 3.61. The van der Waals surface area contributed by atoms with Crippen LogP contribution in [0.25, 0.3) is 11.3 Å². The molecule has 1 aromatic carbocycles. The van der Waals surface area contributed by atoms with Gasteiger partial charge in [-0.05, 0) is 59.2 Å². The number of hydrogen-bond acceptors (Lipinski definition) is 2. The molecule has 3 aliphatic rings. The van der Waals surface area contributed by atoms with E-state index in [4.69, 9.17) is 5.41 Å². The van der Waals surface area contributed by atoms with E-state index in [1.807, 2.05) is 18.4 Å². The summed E-state index contributed by atoms with van der Waals surface area (Å²) in [5.41, 5.74) is 6.10. The van der Waals surface area contributed by atoms with Gasteiger partial charge in [0.15, 0.2) is 0 Å². The standard InChI is InChI=1S/C25H24N2/c1-3-4-8-23(26)20-13-19(18-10-11-25(2)17-22(25)16-18)14-21(15-20)24-9-6-5-7-12-27-24/h3-6,8-16,22,26H,1,7,17H2,2H3/b8-4-,26-23?. The maximum atomic E-state index is 8.43. The zero-order valence-electron chi connectivity index (χ0n) is 15.7. The van der Waals surface area contributed by atoms with Crippen LogP contribution in [0.4, 0.5) is 0 Å². The molecule has 2 atom stereocenters. The molecule has 27 heavy (non-hydrogen) atoms. The summed E-state index contributed by atoms with van der Waals surface area (Å²) in [5, 5.41) is 8.43. The third-order valence-electron chi connectivity index (χ3n) is 5.51. The van der Waals surface area contributed by atoms with Gasteiger partial charge in [0.05, 0.1) is 11.4 Å². The van der Waals surface area contributed by atoms with Crippen molar-refractivity contribution in [3.63, 3.8) is 0 Å². The van der Waals surface area contributed by atoms with Crippen molar-refractivity contribution in [2.45, 2.75) is 19.8 Å². The molecule has 0 spiro atoms. The Morgan fingerprint density at radius 2 is 2.15 bits per heavy atom. The molecule has 0 amide bonds. The molecule has 134 valence electrons. The Morgan fingerprint density at radius 3 is 2.96 bits per heavy atom. The lowest BCUT2D eigenvalue weighted by molar-refractivity contribution is 0.692. The predicted octanol–water partition coefficient (Wildman–Crippen LogP) is 6.15. The van der Waals surface area contributed by atoms with Crippen LogP contribution >= 0.6 is 0 Å². The number of hydrogen-bond donors (Lipinski definition) is 1. The molecule has 0 radical (unpaired) electrons. The van der Waals surface area contributed by atoms with Gasteiger partial charge in [-0.3, -0.25) is 4.99 Å². The summed E-state index contributed by atoms with van der Waals surface area (Å²) in [6.45, 7) is 6.02. The summed E-state index contributed by atoms with van der Waals surface area (Å²) < 4.78 is 0. The van der Waals surface area contributed by atoms with Crippen LogP contribution in [0.3, 0.4) is 0 Å². The fourth-order valence-electron chi connectivity index (χ4n) is 3.62. The zero-order valence-corrected chi connectivity index (χ0v) is 15.7. The molecule has 1 saturated carbocycles. The summed E-state index contributed by atoms with van der Waals surface area (Å²) in [6.07, 6.45) is 22.4. The van der Waals surface area contributed by atoms with E-state index >= 15 is 0 Å². The van der Waals surface area contributed by atoms with Crippen molar-refractivity contribution < 1.29 is 0 Å². The molecule has 1 fully saturated rings. The summed E-state index contributed by atoms with van der Waals surface area (Å²) in [4.78, 5) is 4.61. The number of allylic oxidation sites excluding steroid dienone is 10. The van der Waals surface area contributed by atoms with Gasteiger partial charge in [-0.15, -0.1) is 0 Å². The van der Waals surface area contributed by atoms with E-state index in [2.05, 4.69) is 61.0 Å². The molecular formula is C25H24N2. The first-order valence-corrected chi connectivity index (χ1v) is 9.43. The van der Waals surface area contributed by atoms with Crippen LogP contribution in [0, 0.1) is 16.7 Å². The summed E-state index contributed by atoms with van der Waals surface area (Å²) >= 11 is 0. The van der Waals surface area contributed by atoms with E-state index in [1.54, 1.807) is 18.2 Å². The number of rotatable bonds is 5.